The molecule has 4 nitrogen and oxygen atoms in total. The Balaban J connectivity index is 2.78. The van der Waals surface area contributed by atoms with Crippen LogP contribution >= 0.6 is 0 Å². The lowest BCUT2D eigenvalue weighted by Gasteiger charge is -2.00. The van der Waals surface area contributed by atoms with Crippen LogP contribution in [0.3, 0.4) is 0 Å². The second-order valence-electron chi connectivity index (χ2n) is 2.67. The van der Waals surface area contributed by atoms with Crippen LogP contribution in [0.5, 0.6) is 0 Å². The first-order chi connectivity index (χ1) is 5.83. The van der Waals surface area contributed by atoms with Crippen LogP contribution in [0.15, 0.2) is 12.5 Å². The molecule has 12 heavy (non-hydrogen) atoms. The van der Waals surface area contributed by atoms with Crippen LogP contribution in [0, 0.1) is 6.92 Å². The number of pyridine rings is 1. The largest absolute Gasteiger partial charge is 0.392 e. The fourth-order valence-corrected chi connectivity index (χ4v) is 1.22. The van der Waals surface area contributed by atoms with Crippen molar-refractivity contribution in [3.8, 4) is 0 Å². The van der Waals surface area contributed by atoms with Crippen molar-refractivity contribution in [3.05, 3.63) is 23.7 Å². The molecular formula is C8H9N3O. The van der Waals surface area contributed by atoms with E-state index >= 15 is 0 Å². The van der Waals surface area contributed by atoms with Crippen LogP contribution in [0.1, 0.15) is 11.1 Å². The normalized spacial score (nSPS) is 10.8. The van der Waals surface area contributed by atoms with Crippen molar-refractivity contribution in [2.24, 2.45) is 0 Å². The van der Waals surface area contributed by atoms with Gasteiger partial charge in [0.1, 0.15) is 0 Å². The lowest BCUT2D eigenvalue weighted by atomic mass is 10.1. The highest BCUT2D eigenvalue weighted by atomic mass is 16.3. The molecule has 2 N–H and O–H groups in total. The van der Waals surface area contributed by atoms with Crippen LogP contribution < -0.4 is 0 Å². The topological polar surface area (TPSA) is 61.8 Å². The number of aromatic amines is 1. The standard InChI is InChI=1S/C8H9N3O/c1-5-6(3-12)2-9-8-7(5)10-4-11-8/h2,4,12H,3H2,1H3,(H,9,10,11). The molecule has 4 heteroatoms. The first-order valence-corrected chi connectivity index (χ1v) is 3.71. The zero-order chi connectivity index (χ0) is 8.55. The van der Waals surface area contributed by atoms with E-state index in [1.54, 1.807) is 12.5 Å². The van der Waals surface area contributed by atoms with Gasteiger partial charge in [-0.25, -0.2) is 9.97 Å². The van der Waals surface area contributed by atoms with Crippen molar-refractivity contribution in [1.82, 2.24) is 15.0 Å². The van der Waals surface area contributed by atoms with E-state index in [0.717, 1.165) is 16.6 Å². The van der Waals surface area contributed by atoms with Gasteiger partial charge in [-0.15, -0.1) is 0 Å². The number of hydrogen-bond acceptors (Lipinski definition) is 3. The molecule has 0 aliphatic carbocycles. The van der Waals surface area contributed by atoms with Gasteiger partial charge in [-0.2, -0.15) is 0 Å². The van der Waals surface area contributed by atoms with Crippen molar-refractivity contribution >= 4 is 11.2 Å². The van der Waals surface area contributed by atoms with E-state index in [4.69, 9.17) is 5.11 Å². The molecule has 2 aromatic heterocycles. The Morgan fingerprint density at radius 2 is 2.33 bits per heavy atom. The number of aryl methyl sites for hydroxylation is 1. The van der Waals surface area contributed by atoms with E-state index in [0.29, 0.717) is 5.65 Å². The van der Waals surface area contributed by atoms with Gasteiger partial charge in [0, 0.05) is 11.8 Å². The number of hydrogen-bond donors (Lipinski definition) is 2. The van der Waals surface area contributed by atoms with Crippen molar-refractivity contribution in [3.63, 3.8) is 0 Å². The number of aromatic nitrogens is 3. The summed E-state index contributed by atoms with van der Waals surface area (Å²) in [5.74, 6) is 0. The minimum atomic E-state index is 0.0216. The van der Waals surface area contributed by atoms with Gasteiger partial charge in [-0.05, 0) is 12.5 Å². The smallest absolute Gasteiger partial charge is 0.177 e. The predicted octanol–water partition coefficient (Wildman–Crippen LogP) is 0.759. The number of aliphatic hydroxyl groups is 1. The summed E-state index contributed by atoms with van der Waals surface area (Å²) in [4.78, 5) is 11.1. The maximum absolute atomic E-state index is 8.94. The molecule has 2 aromatic rings. The van der Waals surface area contributed by atoms with Gasteiger partial charge in [0.25, 0.3) is 0 Å². The third-order valence-corrected chi connectivity index (χ3v) is 1.99. The van der Waals surface area contributed by atoms with Gasteiger partial charge in [0.15, 0.2) is 5.65 Å². The molecule has 0 saturated heterocycles. The molecule has 0 aromatic carbocycles. The Bertz CT molecular complexity index is 408. The third-order valence-electron chi connectivity index (χ3n) is 1.99. The molecule has 0 saturated carbocycles. The van der Waals surface area contributed by atoms with Gasteiger partial charge in [-0.1, -0.05) is 0 Å². The number of nitrogens with one attached hydrogen (secondary N) is 1. The summed E-state index contributed by atoms with van der Waals surface area (Å²) in [7, 11) is 0. The van der Waals surface area contributed by atoms with E-state index < -0.39 is 0 Å². The summed E-state index contributed by atoms with van der Waals surface area (Å²) < 4.78 is 0. The summed E-state index contributed by atoms with van der Waals surface area (Å²) in [6.07, 6.45) is 3.25. The summed E-state index contributed by atoms with van der Waals surface area (Å²) in [6, 6.07) is 0. The number of rotatable bonds is 1. The number of H-pyrrole nitrogens is 1. The van der Waals surface area contributed by atoms with E-state index in [2.05, 4.69) is 15.0 Å². The van der Waals surface area contributed by atoms with E-state index in [-0.39, 0.29) is 6.61 Å². The highest BCUT2D eigenvalue weighted by Gasteiger charge is 2.04. The van der Waals surface area contributed by atoms with Gasteiger partial charge in [0.05, 0.1) is 18.5 Å². The van der Waals surface area contributed by atoms with Crippen molar-refractivity contribution < 1.29 is 5.11 Å². The quantitative estimate of drug-likeness (QED) is 0.652. The average molecular weight is 163 g/mol. The molecule has 0 atom stereocenters. The van der Waals surface area contributed by atoms with Crippen LogP contribution in [0.2, 0.25) is 0 Å². The molecule has 62 valence electrons. The SMILES string of the molecule is Cc1c(CO)cnc2nc[nH]c12. The van der Waals surface area contributed by atoms with Crippen molar-refractivity contribution in [1.29, 1.82) is 0 Å². The van der Waals surface area contributed by atoms with E-state index in [1.807, 2.05) is 6.92 Å². The molecule has 0 amide bonds. The van der Waals surface area contributed by atoms with Crippen molar-refractivity contribution in [2.75, 3.05) is 0 Å². The Kier molecular flexibility index (Phi) is 1.55. The van der Waals surface area contributed by atoms with Crippen LogP contribution in [0.4, 0.5) is 0 Å². The fraction of sp³-hybridized carbons (Fsp3) is 0.250. The Labute approximate surface area is 69.3 Å². The molecule has 0 spiro atoms. The minimum absolute atomic E-state index is 0.0216. The fourth-order valence-electron chi connectivity index (χ4n) is 1.22. The second kappa shape index (κ2) is 2.57. The molecule has 0 aliphatic heterocycles. The molecule has 0 fully saturated rings. The minimum Gasteiger partial charge on any atom is -0.392 e. The zero-order valence-electron chi connectivity index (χ0n) is 6.70. The Morgan fingerprint density at radius 3 is 3.08 bits per heavy atom. The summed E-state index contributed by atoms with van der Waals surface area (Å²) >= 11 is 0. The molecule has 2 heterocycles. The number of aliphatic hydroxyl groups excluding tert-OH is 1. The molecule has 0 aliphatic rings. The summed E-state index contributed by atoms with van der Waals surface area (Å²) in [5.41, 5.74) is 3.46. The van der Waals surface area contributed by atoms with Gasteiger partial charge >= 0.3 is 0 Å². The highest BCUT2D eigenvalue weighted by Crippen LogP contribution is 2.15. The monoisotopic (exact) mass is 163 g/mol. The molecule has 0 radical (unpaired) electrons. The molecule has 0 bridgehead atoms. The average Bonchev–Trinajstić information content (AvgIpc) is 2.53. The summed E-state index contributed by atoms with van der Waals surface area (Å²) in [6.45, 7) is 1.96. The lowest BCUT2D eigenvalue weighted by molar-refractivity contribution is 0.281. The second-order valence-corrected chi connectivity index (χ2v) is 2.67. The highest BCUT2D eigenvalue weighted by molar-refractivity contribution is 5.74. The number of imidazole rings is 1. The third kappa shape index (κ3) is 0.887. The van der Waals surface area contributed by atoms with Crippen molar-refractivity contribution in [2.45, 2.75) is 13.5 Å². The first kappa shape index (κ1) is 7.24. The van der Waals surface area contributed by atoms with Gasteiger partial charge in [-0.3, -0.25) is 0 Å². The maximum Gasteiger partial charge on any atom is 0.177 e. The molecule has 0 unspecified atom stereocenters. The van der Waals surface area contributed by atoms with E-state index in [1.165, 1.54) is 0 Å². The summed E-state index contributed by atoms with van der Waals surface area (Å²) in [5, 5.41) is 8.94. The van der Waals surface area contributed by atoms with E-state index in [9.17, 15) is 0 Å². The van der Waals surface area contributed by atoms with Gasteiger partial charge < -0.3 is 10.1 Å². The van der Waals surface area contributed by atoms with Crippen LogP contribution in [-0.4, -0.2) is 20.1 Å². The maximum atomic E-state index is 8.94. The lowest BCUT2D eigenvalue weighted by Crippen LogP contribution is -1.91. The van der Waals surface area contributed by atoms with Crippen LogP contribution in [-0.2, 0) is 6.61 Å². The Morgan fingerprint density at radius 1 is 1.50 bits per heavy atom. The molecular weight excluding hydrogens is 154 g/mol. The van der Waals surface area contributed by atoms with Crippen LogP contribution in [0.25, 0.3) is 11.2 Å². The zero-order valence-corrected chi connectivity index (χ0v) is 6.70. The Hall–Kier alpha value is -1.42. The molecule has 2 rings (SSSR count). The number of fused-ring (bicyclic) bond motifs is 1. The first-order valence-electron chi connectivity index (χ1n) is 3.71. The van der Waals surface area contributed by atoms with Gasteiger partial charge in [0.2, 0.25) is 0 Å². The number of nitrogens with zero attached hydrogens (tertiary/aromatic N) is 2. The predicted molar refractivity (Wildman–Crippen MR) is 44.5 cm³/mol.